The SMILES string of the molecule is CC(N)c1ccc(N2CCN(CC(C)(C)O)CC2)cc1. The monoisotopic (exact) mass is 277 g/mol. The van der Waals surface area contributed by atoms with Crippen LogP contribution in [0.15, 0.2) is 24.3 Å². The van der Waals surface area contributed by atoms with E-state index in [0.29, 0.717) is 0 Å². The predicted molar refractivity (Wildman–Crippen MR) is 84.0 cm³/mol. The third kappa shape index (κ3) is 4.20. The fourth-order valence-corrected chi connectivity index (χ4v) is 2.70. The third-order valence-electron chi connectivity index (χ3n) is 3.77. The highest BCUT2D eigenvalue weighted by Crippen LogP contribution is 2.20. The van der Waals surface area contributed by atoms with E-state index in [-0.39, 0.29) is 6.04 Å². The molecule has 1 aliphatic rings. The molecule has 0 radical (unpaired) electrons. The Morgan fingerprint density at radius 3 is 2.15 bits per heavy atom. The highest BCUT2D eigenvalue weighted by Gasteiger charge is 2.22. The minimum Gasteiger partial charge on any atom is -0.389 e. The zero-order valence-corrected chi connectivity index (χ0v) is 12.8. The second-order valence-corrected chi connectivity index (χ2v) is 6.46. The maximum Gasteiger partial charge on any atom is 0.0718 e. The minimum absolute atomic E-state index is 0.0904. The van der Waals surface area contributed by atoms with Gasteiger partial charge in [-0.3, -0.25) is 4.90 Å². The first kappa shape index (κ1) is 15.3. The molecule has 1 aliphatic heterocycles. The van der Waals surface area contributed by atoms with Crippen molar-refractivity contribution in [2.24, 2.45) is 5.73 Å². The molecule has 0 aromatic heterocycles. The van der Waals surface area contributed by atoms with Crippen LogP contribution in [0.2, 0.25) is 0 Å². The Balaban J connectivity index is 1.90. The molecule has 1 atom stereocenters. The van der Waals surface area contributed by atoms with Crippen molar-refractivity contribution < 1.29 is 5.11 Å². The first-order chi connectivity index (χ1) is 9.35. The molecule has 20 heavy (non-hydrogen) atoms. The van der Waals surface area contributed by atoms with Gasteiger partial charge in [-0.15, -0.1) is 0 Å². The normalized spacial score (nSPS) is 19.1. The molecule has 2 rings (SSSR count). The fraction of sp³-hybridized carbons (Fsp3) is 0.625. The Morgan fingerprint density at radius 2 is 1.70 bits per heavy atom. The molecule has 1 aromatic carbocycles. The summed E-state index contributed by atoms with van der Waals surface area (Å²) in [4.78, 5) is 4.72. The van der Waals surface area contributed by atoms with Crippen molar-refractivity contribution in [1.29, 1.82) is 0 Å². The van der Waals surface area contributed by atoms with Crippen LogP contribution in [0, 0.1) is 0 Å². The van der Waals surface area contributed by atoms with Crippen molar-refractivity contribution in [1.82, 2.24) is 4.90 Å². The number of β-amino-alcohol motifs (C(OH)–C–C–N with tert-alkyl or cyclic N) is 1. The summed E-state index contributed by atoms with van der Waals surface area (Å²) in [7, 11) is 0. The van der Waals surface area contributed by atoms with Crippen LogP contribution >= 0.6 is 0 Å². The Bertz CT molecular complexity index is 414. The standard InChI is InChI=1S/C16H27N3O/c1-13(17)14-4-6-15(7-5-14)19-10-8-18(9-11-19)12-16(2,3)20/h4-7,13,20H,8-12,17H2,1-3H3. The number of anilines is 1. The van der Waals surface area contributed by atoms with E-state index in [2.05, 4.69) is 34.1 Å². The lowest BCUT2D eigenvalue weighted by Crippen LogP contribution is -2.50. The van der Waals surface area contributed by atoms with Gasteiger partial charge in [-0.25, -0.2) is 0 Å². The molecule has 0 amide bonds. The second-order valence-electron chi connectivity index (χ2n) is 6.46. The van der Waals surface area contributed by atoms with Crippen molar-refractivity contribution >= 4 is 5.69 Å². The van der Waals surface area contributed by atoms with Crippen LogP contribution in [0.5, 0.6) is 0 Å². The fourth-order valence-electron chi connectivity index (χ4n) is 2.70. The minimum atomic E-state index is -0.610. The summed E-state index contributed by atoms with van der Waals surface area (Å²) in [6.45, 7) is 10.5. The van der Waals surface area contributed by atoms with E-state index >= 15 is 0 Å². The Labute approximate surface area is 122 Å². The average molecular weight is 277 g/mol. The van der Waals surface area contributed by atoms with E-state index in [1.807, 2.05) is 20.8 Å². The number of hydrogen-bond acceptors (Lipinski definition) is 4. The van der Waals surface area contributed by atoms with Crippen molar-refractivity contribution in [3.63, 3.8) is 0 Å². The number of nitrogens with two attached hydrogens (primary N) is 1. The summed E-state index contributed by atoms with van der Waals surface area (Å²) < 4.78 is 0. The predicted octanol–water partition coefficient (Wildman–Crippen LogP) is 1.60. The largest absolute Gasteiger partial charge is 0.389 e. The molecule has 112 valence electrons. The van der Waals surface area contributed by atoms with E-state index in [9.17, 15) is 5.11 Å². The van der Waals surface area contributed by atoms with Crippen molar-refractivity contribution in [3.8, 4) is 0 Å². The molecular weight excluding hydrogens is 250 g/mol. The summed E-state index contributed by atoms with van der Waals surface area (Å²) in [6, 6.07) is 8.63. The van der Waals surface area contributed by atoms with E-state index in [4.69, 9.17) is 5.73 Å². The molecule has 1 aromatic rings. The van der Waals surface area contributed by atoms with E-state index < -0.39 is 5.60 Å². The molecule has 4 nitrogen and oxygen atoms in total. The summed E-state index contributed by atoms with van der Waals surface area (Å²) in [5, 5.41) is 9.87. The van der Waals surface area contributed by atoms with Crippen LogP contribution in [0.3, 0.4) is 0 Å². The van der Waals surface area contributed by atoms with Crippen LogP contribution in [0.1, 0.15) is 32.4 Å². The van der Waals surface area contributed by atoms with Crippen LogP contribution in [0.25, 0.3) is 0 Å². The van der Waals surface area contributed by atoms with Gasteiger partial charge in [0.1, 0.15) is 0 Å². The van der Waals surface area contributed by atoms with E-state index in [1.54, 1.807) is 0 Å². The van der Waals surface area contributed by atoms with Gasteiger partial charge in [-0.05, 0) is 38.5 Å². The zero-order valence-electron chi connectivity index (χ0n) is 12.8. The summed E-state index contributed by atoms with van der Waals surface area (Å²) in [5.74, 6) is 0. The van der Waals surface area contributed by atoms with Crippen molar-refractivity contribution in [2.75, 3.05) is 37.6 Å². The molecule has 1 fully saturated rings. The Hall–Kier alpha value is -1.10. The molecule has 1 unspecified atom stereocenters. The van der Waals surface area contributed by atoms with E-state index in [0.717, 1.165) is 32.7 Å². The molecule has 0 saturated carbocycles. The van der Waals surface area contributed by atoms with Gasteiger partial charge in [0, 0.05) is 44.5 Å². The lowest BCUT2D eigenvalue weighted by molar-refractivity contribution is 0.0345. The van der Waals surface area contributed by atoms with E-state index in [1.165, 1.54) is 11.3 Å². The average Bonchev–Trinajstić information content (AvgIpc) is 2.38. The van der Waals surface area contributed by atoms with Crippen LogP contribution in [-0.2, 0) is 0 Å². The highest BCUT2D eigenvalue weighted by molar-refractivity contribution is 5.48. The summed E-state index contributed by atoms with van der Waals surface area (Å²) in [5.41, 5.74) is 7.70. The van der Waals surface area contributed by atoms with Crippen LogP contribution in [-0.4, -0.2) is 48.3 Å². The lowest BCUT2D eigenvalue weighted by Gasteiger charge is -2.38. The van der Waals surface area contributed by atoms with Gasteiger partial charge < -0.3 is 15.7 Å². The maximum absolute atomic E-state index is 9.87. The Kier molecular flexibility index (Phi) is 4.68. The van der Waals surface area contributed by atoms with Gasteiger partial charge in [0.05, 0.1) is 5.60 Å². The van der Waals surface area contributed by atoms with Crippen molar-refractivity contribution in [3.05, 3.63) is 29.8 Å². The van der Waals surface area contributed by atoms with Crippen LogP contribution in [0.4, 0.5) is 5.69 Å². The molecule has 0 bridgehead atoms. The summed E-state index contributed by atoms with van der Waals surface area (Å²) >= 11 is 0. The quantitative estimate of drug-likeness (QED) is 0.878. The molecule has 3 N–H and O–H groups in total. The number of benzene rings is 1. The molecular formula is C16H27N3O. The molecule has 1 heterocycles. The lowest BCUT2D eigenvalue weighted by atomic mass is 10.1. The number of nitrogens with zero attached hydrogens (tertiary/aromatic N) is 2. The first-order valence-electron chi connectivity index (χ1n) is 7.40. The summed E-state index contributed by atoms with van der Waals surface area (Å²) in [6.07, 6.45) is 0. The molecule has 0 aliphatic carbocycles. The first-order valence-corrected chi connectivity index (χ1v) is 7.40. The van der Waals surface area contributed by atoms with Gasteiger partial charge in [-0.2, -0.15) is 0 Å². The van der Waals surface area contributed by atoms with Gasteiger partial charge in [0.15, 0.2) is 0 Å². The second kappa shape index (κ2) is 6.12. The zero-order chi connectivity index (χ0) is 14.8. The van der Waals surface area contributed by atoms with Gasteiger partial charge in [0.25, 0.3) is 0 Å². The number of rotatable bonds is 4. The molecule has 4 heteroatoms. The number of piperazine rings is 1. The molecule has 0 spiro atoms. The Morgan fingerprint density at radius 1 is 1.15 bits per heavy atom. The maximum atomic E-state index is 9.87. The van der Waals surface area contributed by atoms with Crippen LogP contribution < -0.4 is 10.6 Å². The van der Waals surface area contributed by atoms with Crippen molar-refractivity contribution in [2.45, 2.75) is 32.4 Å². The van der Waals surface area contributed by atoms with Gasteiger partial charge >= 0.3 is 0 Å². The van der Waals surface area contributed by atoms with Gasteiger partial charge in [-0.1, -0.05) is 12.1 Å². The number of aliphatic hydroxyl groups is 1. The molecule has 1 saturated heterocycles. The highest BCUT2D eigenvalue weighted by atomic mass is 16.3. The smallest absolute Gasteiger partial charge is 0.0718 e. The third-order valence-corrected chi connectivity index (χ3v) is 3.77. The topological polar surface area (TPSA) is 52.7 Å². The van der Waals surface area contributed by atoms with Gasteiger partial charge in [0.2, 0.25) is 0 Å². The number of hydrogen-bond donors (Lipinski definition) is 2.